The molecule has 1 aliphatic rings. The SMILES string of the molecule is CC(C)C1CCC(C(=O)O)C(C)C1. The maximum Gasteiger partial charge on any atom is 0.306 e. The first-order chi connectivity index (χ1) is 6.02. The molecule has 0 aromatic heterocycles. The Bertz CT molecular complexity index is 187. The molecule has 0 aromatic rings. The Morgan fingerprint density at radius 3 is 2.38 bits per heavy atom. The fraction of sp³-hybridized carbons (Fsp3) is 0.909. The number of hydrogen-bond acceptors (Lipinski definition) is 1. The minimum absolute atomic E-state index is 0.0880. The molecule has 0 heterocycles. The van der Waals surface area contributed by atoms with Crippen LogP contribution in [0.5, 0.6) is 0 Å². The fourth-order valence-corrected chi connectivity index (χ4v) is 2.41. The molecule has 1 saturated carbocycles. The highest BCUT2D eigenvalue weighted by molar-refractivity contribution is 5.70. The van der Waals surface area contributed by atoms with Crippen LogP contribution in [-0.4, -0.2) is 11.1 Å². The van der Waals surface area contributed by atoms with Gasteiger partial charge in [0, 0.05) is 0 Å². The lowest BCUT2D eigenvalue weighted by atomic mass is 9.71. The smallest absolute Gasteiger partial charge is 0.306 e. The summed E-state index contributed by atoms with van der Waals surface area (Å²) in [5.74, 6) is 1.12. The van der Waals surface area contributed by atoms with Crippen LogP contribution in [0, 0.1) is 23.7 Å². The van der Waals surface area contributed by atoms with Gasteiger partial charge in [0.1, 0.15) is 0 Å². The van der Waals surface area contributed by atoms with E-state index in [-0.39, 0.29) is 5.92 Å². The third kappa shape index (κ3) is 2.45. The lowest BCUT2D eigenvalue weighted by Crippen LogP contribution is -2.30. The Morgan fingerprint density at radius 2 is 2.00 bits per heavy atom. The molecule has 0 radical (unpaired) electrons. The summed E-state index contributed by atoms with van der Waals surface area (Å²) in [6.07, 6.45) is 3.06. The van der Waals surface area contributed by atoms with Gasteiger partial charge in [-0.3, -0.25) is 4.79 Å². The molecule has 1 fully saturated rings. The largest absolute Gasteiger partial charge is 0.481 e. The van der Waals surface area contributed by atoms with Crippen LogP contribution >= 0.6 is 0 Å². The zero-order valence-corrected chi connectivity index (χ0v) is 8.79. The van der Waals surface area contributed by atoms with E-state index in [1.165, 1.54) is 0 Å². The van der Waals surface area contributed by atoms with Crippen LogP contribution in [0.1, 0.15) is 40.0 Å². The first-order valence-electron chi connectivity index (χ1n) is 5.25. The molecule has 2 heteroatoms. The number of carboxylic acid groups (broad SMARTS) is 1. The first kappa shape index (κ1) is 10.6. The van der Waals surface area contributed by atoms with Crippen LogP contribution < -0.4 is 0 Å². The molecule has 3 atom stereocenters. The van der Waals surface area contributed by atoms with E-state index in [0.29, 0.717) is 11.8 Å². The summed E-state index contributed by atoms with van der Waals surface area (Å²) in [6, 6.07) is 0. The van der Waals surface area contributed by atoms with E-state index in [0.717, 1.165) is 25.2 Å². The Balaban J connectivity index is 2.51. The molecule has 76 valence electrons. The van der Waals surface area contributed by atoms with Crippen molar-refractivity contribution in [3.63, 3.8) is 0 Å². The van der Waals surface area contributed by atoms with Gasteiger partial charge in [-0.15, -0.1) is 0 Å². The minimum Gasteiger partial charge on any atom is -0.481 e. The van der Waals surface area contributed by atoms with Crippen molar-refractivity contribution < 1.29 is 9.90 Å². The van der Waals surface area contributed by atoms with Crippen molar-refractivity contribution in [2.75, 3.05) is 0 Å². The molecule has 0 saturated heterocycles. The van der Waals surface area contributed by atoms with E-state index in [4.69, 9.17) is 5.11 Å². The molecule has 0 spiro atoms. The van der Waals surface area contributed by atoms with Gasteiger partial charge in [-0.05, 0) is 37.0 Å². The normalized spacial score (nSPS) is 34.9. The Labute approximate surface area is 80.3 Å². The summed E-state index contributed by atoms with van der Waals surface area (Å²) in [4.78, 5) is 10.8. The van der Waals surface area contributed by atoms with Gasteiger partial charge >= 0.3 is 5.97 Å². The summed E-state index contributed by atoms with van der Waals surface area (Å²) in [5, 5.41) is 8.93. The average molecular weight is 184 g/mol. The van der Waals surface area contributed by atoms with E-state index in [2.05, 4.69) is 20.8 Å². The predicted molar refractivity (Wildman–Crippen MR) is 52.5 cm³/mol. The molecule has 0 aliphatic heterocycles. The number of hydrogen-bond donors (Lipinski definition) is 1. The Morgan fingerprint density at radius 1 is 1.38 bits per heavy atom. The van der Waals surface area contributed by atoms with E-state index in [1.807, 2.05) is 0 Å². The van der Waals surface area contributed by atoms with E-state index in [9.17, 15) is 4.79 Å². The van der Waals surface area contributed by atoms with Crippen molar-refractivity contribution in [1.29, 1.82) is 0 Å². The van der Waals surface area contributed by atoms with Gasteiger partial charge in [-0.2, -0.15) is 0 Å². The topological polar surface area (TPSA) is 37.3 Å². The maximum atomic E-state index is 10.8. The average Bonchev–Trinajstić information content (AvgIpc) is 2.03. The second kappa shape index (κ2) is 4.12. The van der Waals surface area contributed by atoms with Crippen molar-refractivity contribution in [2.45, 2.75) is 40.0 Å². The van der Waals surface area contributed by atoms with Crippen molar-refractivity contribution in [1.82, 2.24) is 0 Å². The molecule has 1 N–H and O–H groups in total. The predicted octanol–water partition coefficient (Wildman–Crippen LogP) is 2.78. The second-order valence-corrected chi connectivity index (χ2v) is 4.74. The number of rotatable bonds is 2. The zero-order valence-electron chi connectivity index (χ0n) is 8.79. The van der Waals surface area contributed by atoms with Crippen LogP contribution in [0.3, 0.4) is 0 Å². The Hall–Kier alpha value is -0.530. The molecule has 1 rings (SSSR count). The molecule has 0 amide bonds. The molecular formula is C11H20O2. The van der Waals surface area contributed by atoms with Crippen LogP contribution in [-0.2, 0) is 4.79 Å². The molecule has 0 bridgehead atoms. The first-order valence-corrected chi connectivity index (χ1v) is 5.25. The van der Waals surface area contributed by atoms with Gasteiger partial charge in [0.15, 0.2) is 0 Å². The van der Waals surface area contributed by atoms with Crippen molar-refractivity contribution in [3.05, 3.63) is 0 Å². The van der Waals surface area contributed by atoms with Gasteiger partial charge in [-0.1, -0.05) is 20.8 Å². The fourth-order valence-electron chi connectivity index (χ4n) is 2.41. The number of aliphatic carboxylic acids is 1. The highest BCUT2D eigenvalue weighted by Gasteiger charge is 2.32. The van der Waals surface area contributed by atoms with Gasteiger partial charge in [0.2, 0.25) is 0 Å². The molecule has 0 aromatic carbocycles. The third-order valence-electron chi connectivity index (χ3n) is 3.47. The van der Waals surface area contributed by atoms with Crippen molar-refractivity contribution >= 4 is 5.97 Å². The van der Waals surface area contributed by atoms with Crippen molar-refractivity contribution in [2.24, 2.45) is 23.7 Å². The third-order valence-corrected chi connectivity index (χ3v) is 3.47. The standard InChI is InChI=1S/C11H20O2/c1-7(2)9-4-5-10(11(12)13)8(3)6-9/h7-10H,4-6H2,1-3H3,(H,12,13). The van der Waals surface area contributed by atoms with Crippen LogP contribution in [0.25, 0.3) is 0 Å². The summed E-state index contributed by atoms with van der Waals surface area (Å²) in [7, 11) is 0. The van der Waals surface area contributed by atoms with Crippen LogP contribution in [0.15, 0.2) is 0 Å². The second-order valence-electron chi connectivity index (χ2n) is 4.74. The van der Waals surface area contributed by atoms with Gasteiger partial charge in [0.25, 0.3) is 0 Å². The van der Waals surface area contributed by atoms with E-state index in [1.54, 1.807) is 0 Å². The highest BCUT2D eigenvalue weighted by atomic mass is 16.4. The molecule has 2 nitrogen and oxygen atoms in total. The monoisotopic (exact) mass is 184 g/mol. The lowest BCUT2D eigenvalue weighted by molar-refractivity contribution is -0.145. The molecule has 3 unspecified atom stereocenters. The summed E-state index contributed by atoms with van der Waals surface area (Å²) < 4.78 is 0. The number of carbonyl (C=O) groups is 1. The van der Waals surface area contributed by atoms with Crippen LogP contribution in [0.4, 0.5) is 0 Å². The number of carboxylic acids is 1. The zero-order chi connectivity index (χ0) is 10.0. The highest BCUT2D eigenvalue weighted by Crippen LogP contribution is 2.37. The van der Waals surface area contributed by atoms with E-state index >= 15 is 0 Å². The maximum absolute atomic E-state index is 10.8. The molecule has 1 aliphatic carbocycles. The molecular weight excluding hydrogens is 164 g/mol. The van der Waals surface area contributed by atoms with Gasteiger partial charge < -0.3 is 5.11 Å². The van der Waals surface area contributed by atoms with Crippen molar-refractivity contribution in [3.8, 4) is 0 Å². The summed E-state index contributed by atoms with van der Waals surface area (Å²) in [6.45, 7) is 6.55. The minimum atomic E-state index is -0.602. The Kier molecular flexibility index (Phi) is 3.34. The summed E-state index contributed by atoms with van der Waals surface area (Å²) in [5.41, 5.74) is 0. The lowest BCUT2D eigenvalue weighted by Gasteiger charge is -2.33. The summed E-state index contributed by atoms with van der Waals surface area (Å²) >= 11 is 0. The van der Waals surface area contributed by atoms with Crippen LogP contribution in [0.2, 0.25) is 0 Å². The van der Waals surface area contributed by atoms with Gasteiger partial charge in [0.05, 0.1) is 5.92 Å². The quantitative estimate of drug-likeness (QED) is 0.716. The van der Waals surface area contributed by atoms with E-state index < -0.39 is 5.97 Å². The van der Waals surface area contributed by atoms with Gasteiger partial charge in [-0.25, -0.2) is 0 Å². The molecule has 13 heavy (non-hydrogen) atoms.